The van der Waals surface area contributed by atoms with Gasteiger partial charge in [0.15, 0.2) is 0 Å². The number of nitrogens with one attached hydrogen (secondary N) is 2. The Morgan fingerprint density at radius 1 is 1.27 bits per heavy atom. The summed E-state index contributed by atoms with van der Waals surface area (Å²) in [6, 6.07) is 3.13. The highest BCUT2D eigenvalue weighted by Gasteiger charge is 2.11. The Labute approximate surface area is 126 Å². The first-order chi connectivity index (χ1) is 10.5. The van der Waals surface area contributed by atoms with Crippen LogP contribution in [0.3, 0.4) is 0 Å². The zero-order valence-electron chi connectivity index (χ0n) is 12.2. The molecule has 5 nitrogen and oxygen atoms in total. The Morgan fingerprint density at radius 3 is 2.55 bits per heavy atom. The van der Waals surface area contributed by atoms with E-state index in [9.17, 15) is 13.6 Å². The Balaban J connectivity index is 2.06. The van der Waals surface area contributed by atoms with Gasteiger partial charge in [-0.2, -0.15) is 0 Å². The van der Waals surface area contributed by atoms with E-state index in [1.807, 2.05) is 13.8 Å². The van der Waals surface area contributed by atoms with E-state index in [0.717, 1.165) is 18.6 Å². The number of carbonyl (C=O) groups is 1. The smallest absolute Gasteiger partial charge is 0.258 e. The van der Waals surface area contributed by atoms with Crippen molar-refractivity contribution in [2.75, 3.05) is 10.6 Å². The number of aromatic nitrogens is 2. The second kappa shape index (κ2) is 6.93. The minimum Gasteiger partial charge on any atom is -0.352 e. The standard InChI is InChI=1S/C15H16F2N4O/c1-3-9(2)20-15-18-7-10(8-19-15)14(22)21-13-5-4-11(16)6-12(13)17/h4-9H,3H2,1-2H3,(H,21,22)(H,18,19,20). The van der Waals surface area contributed by atoms with E-state index in [1.54, 1.807) is 0 Å². The van der Waals surface area contributed by atoms with Gasteiger partial charge >= 0.3 is 0 Å². The minimum atomic E-state index is -0.843. The summed E-state index contributed by atoms with van der Waals surface area (Å²) in [6.45, 7) is 4.01. The van der Waals surface area contributed by atoms with Crippen LogP contribution in [-0.2, 0) is 0 Å². The average Bonchev–Trinajstić information content (AvgIpc) is 2.50. The van der Waals surface area contributed by atoms with E-state index in [2.05, 4.69) is 20.6 Å². The normalized spacial score (nSPS) is 11.8. The molecule has 2 N–H and O–H groups in total. The molecule has 2 aromatic rings. The van der Waals surface area contributed by atoms with Gasteiger partial charge in [0.25, 0.3) is 5.91 Å². The van der Waals surface area contributed by atoms with E-state index in [-0.39, 0.29) is 17.3 Å². The van der Waals surface area contributed by atoms with Gasteiger partial charge in [0.2, 0.25) is 5.95 Å². The number of rotatable bonds is 5. The number of anilines is 2. The maximum Gasteiger partial charge on any atom is 0.258 e. The van der Waals surface area contributed by atoms with E-state index < -0.39 is 17.5 Å². The fraction of sp³-hybridized carbons (Fsp3) is 0.267. The zero-order chi connectivity index (χ0) is 16.1. The monoisotopic (exact) mass is 306 g/mol. The predicted octanol–water partition coefficient (Wildman–Crippen LogP) is 3.22. The summed E-state index contributed by atoms with van der Waals surface area (Å²) in [5.41, 5.74) is 0.0756. The maximum atomic E-state index is 13.5. The molecule has 1 unspecified atom stereocenters. The first-order valence-corrected chi connectivity index (χ1v) is 6.84. The molecule has 0 bridgehead atoms. The molecule has 116 valence electrons. The third-order valence-electron chi connectivity index (χ3n) is 3.08. The molecule has 0 saturated heterocycles. The van der Waals surface area contributed by atoms with Crippen LogP contribution in [-0.4, -0.2) is 21.9 Å². The molecule has 1 atom stereocenters. The highest BCUT2D eigenvalue weighted by molar-refractivity contribution is 6.03. The quantitative estimate of drug-likeness (QED) is 0.890. The highest BCUT2D eigenvalue weighted by atomic mass is 19.1. The van der Waals surface area contributed by atoms with Crippen molar-refractivity contribution in [1.82, 2.24) is 9.97 Å². The van der Waals surface area contributed by atoms with Crippen LogP contribution in [0, 0.1) is 11.6 Å². The molecule has 22 heavy (non-hydrogen) atoms. The zero-order valence-corrected chi connectivity index (χ0v) is 12.2. The first kappa shape index (κ1) is 15.8. The lowest BCUT2D eigenvalue weighted by Crippen LogP contribution is -2.17. The van der Waals surface area contributed by atoms with Crippen LogP contribution in [0.5, 0.6) is 0 Å². The molecule has 0 fully saturated rings. The third kappa shape index (κ3) is 3.97. The molecule has 1 amide bonds. The second-order valence-corrected chi connectivity index (χ2v) is 4.83. The molecule has 0 spiro atoms. The molecular formula is C15H16F2N4O. The summed E-state index contributed by atoms with van der Waals surface area (Å²) in [4.78, 5) is 20.0. The summed E-state index contributed by atoms with van der Waals surface area (Å²) in [5.74, 6) is -1.71. The van der Waals surface area contributed by atoms with Gasteiger partial charge in [-0.05, 0) is 25.5 Å². The molecule has 0 aliphatic heterocycles. The Hall–Kier alpha value is -2.57. The van der Waals surface area contributed by atoms with Crippen molar-refractivity contribution in [3.05, 3.63) is 47.8 Å². The molecule has 0 aliphatic rings. The van der Waals surface area contributed by atoms with Crippen molar-refractivity contribution in [2.45, 2.75) is 26.3 Å². The van der Waals surface area contributed by atoms with Crippen molar-refractivity contribution in [2.24, 2.45) is 0 Å². The Morgan fingerprint density at radius 2 is 1.95 bits per heavy atom. The molecule has 1 heterocycles. The average molecular weight is 306 g/mol. The summed E-state index contributed by atoms with van der Waals surface area (Å²) in [7, 11) is 0. The van der Waals surface area contributed by atoms with Gasteiger partial charge in [0.05, 0.1) is 11.3 Å². The molecule has 7 heteroatoms. The van der Waals surface area contributed by atoms with E-state index >= 15 is 0 Å². The van der Waals surface area contributed by atoms with Gasteiger partial charge in [-0.15, -0.1) is 0 Å². The molecule has 2 rings (SSSR count). The van der Waals surface area contributed by atoms with Crippen LogP contribution < -0.4 is 10.6 Å². The number of nitrogens with zero attached hydrogens (tertiary/aromatic N) is 2. The predicted molar refractivity (Wildman–Crippen MR) is 79.7 cm³/mol. The van der Waals surface area contributed by atoms with Gasteiger partial charge in [0.1, 0.15) is 11.6 Å². The van der Waals surface area contributed by atoms with Crippen molar-refractivity contribution < 1.29 is 13.6 Å². The molecule has 0 aliphatic carbocycles. The summed E-state index contributed by atoms with van der Waals surface area (Å²) in [5, 5.41) is 5.41. The number of carbonyl (C=O) groups excluding carboxylic acids is 1. The number of hydrogen-bond acceptors (Lipinski definition) is 4. The molecule has 1 aromatic carbocycles. The second-order valence-electron chi connectivity index (χ2n) is 4.83. The lowest BCUT2D eigenvalue weighted by atomic mass is 10.2. The van der Waals surface area contributed by atoms with E-state index in [0.29, 0.717) is 12.0 Å². The van der Waals surface area contributed by atoms with Crippen LogP contribution in [0.1, 0.15) is 30.6 Å². The van der Waals surface area contributed by atoms with E-state index in [1.165, 1.54) is 12.4 Å². The fourth-order valence-electron chi connectivity index (χ4n) is 1.63. The largest absolute Gasteiger partial charge is 0.352 e. The Bertz CT molecular complexity index is 661. The van der Waals surface area contributed by atoms with Crippen molar-refractivity contribution in [1.29, 1.82) is 0 Å². The summed E-state index contributed by atoms with van der Waals surface area (Å²) in [6.07, 6.45) is 3.60. The number of amides is 1. The maximum absolute atomic E-state index is 13.5. The highest BCUT2D eigenvalue weighted by Crippen LogP contribution is 2.16. The fourth-order valence-corrected chi connectivity index (χ4v) is 1.63. The topological polar surface area (TPSA) is 66.9 Å². The lowest BCUT2D eigenvalue weighted by molar-refractivity contribution is 0.102. The lowest BCUT2D eigenvalue weighted by Gasteiger charge is -2.11. The Kier molecular flexibility index (Phi) is 4.98. The summed E-state index contributed by atoms with van der Waals surface area (Å²) < 4.78 is 26.3. The SMILES string of the molecule is CCC(C)Nc1ncc(C(=O)Nc2ccc(F)cc2F)cn1. The summed E-state index contributed by atoms with van der Waals surface area (Å²) >= 11 is 0. The van der Waals surface area contributed by atoms with Gasteiger partial charge in [-0.25, -0.2) is 18.7 Å². The molecule has 0 radical (unpaired) electrons. The van der Waals surface area contributed by atoms with Crippen LogP contribution in [0.25, 0.3) is 0 Å². The molecular weight excluding hydrogens is 290 g/mol. The van der Waals surface area contributed by atoms with Gasteiger partial charge in [-0.1, -0.05) is 6.92 Å². The van der Waals surface area contributed by atoms with Crippen LogP contribution in [0.15, 0.2) is 30.6 Å². The molecule has 0 saturated carbocycles. The van der Waals surface area contributed by atoms with Crippen LogP contribution in [0.4, 0.5) is 20.4 Å². The number of hydrogen-bond donors (Lipinski definition) is 2. The van der Waals surface area contributed by atoms with Crippen LogP contribution in [0.2, 0.25) is 0 Å². The third-order valence-corrected chi connectivity index (χ3v) is 3.08. The van der Waals surface area contributed by atoms with Gasteiger partial charge in [0, 0.05) is 24.5 Å². The van der Waals surface area contributed by atoms with Gasteiger partial charge < -0.3 is 10.6 Å². The van der Waals surface area contributed by atoms with Crippen molar-refractivity contribution in [3.63, 3.8) is 0 Å². The van der Waals surface area contributed by atoms with Gasteiger partial charge in [-0.3, -0.25) is 4.79 Å². The van der Waals surface area contributed by atoms with E-state index in [4.69, 9.17) is 0 Å². The first-order valence-electron chi connectivity index (χ1n) is 6.84. The molecule has 1 aromatic heterocycles. The van der Waals surface area contributed by atoms with Crippen molar-refractivity contribution >= 4 is 17.5 Å². The van der Waals surface area contributed by atoms with Crippen molar-refractivity contribution in [3.8, 4) is 0 Å². The number of benzene rings is 1. The van der Waals surface area contributed by atoms with Crippen LogP contribution >= 0.6 is 0 Å². The number of halogens is 2. The minimum absolute atomic E-state index is 0.104.